The molecule has 0 amide bonds. The Balaban J connectivity index is 2.24. The molecule has 20 heavy (non-hydrogen) atoms. The van der Waals surface area contributed by atoms with Crippen LogP contribution in [0.15, 0.2) is 30.3 Å². The van der Waals surface area contributed by atoms with E-state index in [2.05, 4.69) is 32.4 Å². The normalized spacial score (nSPS) is 11.4. The van der Waals surface area contributed by atoms with Crippen LogP contribution in [-0.4, -0.2) is 11.1 Å². The largest absolute Gasteiger partial charge is 0.481 e. The number of carboxylic acids is 1. The second-order valence-electron chi connectivity index (χ2n) is 4.88. The fourth-order valence-corrected chi connectivity index (χ4v) is 2.53. The lowest BCUT2D eigenvalue weighted by Gasteiger charge is -2.12. The minimum Gasteiger partial charge on any atom is -0.481 e. The number of benzene rings is 1. The Hall–Kier alpha value is -1.02. The van der Waals surface area contributed by atoms with Gasteiger partial charge in [-0.15, -0.1) is 0 Å². The second-order valence-corrected chi connectivity index (χ2v) is 5.42. The number of hydrogen-bond donors (Lipinski definition) is 1. The molecule has 0 saturated carbocycles. The van der Waals surface area contributed by atoms with Crippen LogP contribution in [0.2, 0.25) is 0 Å². The molecule has 0 saturated heterocycles. The summed E-state index contributed by atoms with van der Waals surface area (Å²) < 4.78 is 2.87. The monoisotopic (exact) mass is 384 g/mol. The average molecular weight is 384 g/mol. The minimum atomic E-state index is -0.714. The lowest BCUT2D eigenvalue weighted by Crippen LogP contribution is -2.11. The Kier molecular flexibility index (Phi) is 9.14. The fourth-order valence-electron chi connectivity index (χ4n) is 2.26. The molecule has 1 rings (SSSR count). The lowest BCUT2D eigenvalue weighted by molar-refractivity contribution is -0.139. The number of hydrogen-bond acceptors (Lipinski definition) is 1. The van der Waals surface area contributed by atoms with Gasteiger partial charge in [0, 0.05) is 29.0 Å². The highest BCUT2D eigenvalue weighted by Gasteiger charge is 2.18. The molecule has 1 atom stereocenters. The fraction of sp³-hybridized carbons (Fsp3) is 0.471. The topological polar surface area (TPSA) is 37.3 Å². The van der Waals surface area contributed by atoms with E-state index in [9.17, 15) is 9.90 Å². The van der Waals surface area contributed by atoms with Crippen LogP contribution in [0, 0.1) is 9.85 Å². The van der Waals surface area contributed by atoms with Crippen molar-refractivity contribution in [2.24, 2.45) is 0 Å². The van der Waals surface area contributed by atoms with Crippen LogP contribution in [0.25, 0.3) is 0 Å². The number of aliphatic carboxylic acids is 1. The summed E-state index contributed by atoms with van der Waals surface area (Å²) in [6, 6.07) is 9.53. The molecule has 1 aromatic carbocycles. The van der Waals surface area contributed by atoms with Gasteiger partial charge in [-0.05, 0) is 22.3 Å². The number of carbonyl (C=O) groups is 1. The van der Waals surface area contributed by atoms with Gasteiger partial charge in [0.05, 0.1) is 5.92 Å². The van der Waals surface area contributed by atoms with E-state index in [1.165, 1.54) is 12.8 Å². The standard InChI is InChI=1S/C17H21IO2/c18-14-10-5-3-1-2-4-9-13-16(17(19)20)15-11-7-6-8-12-15/h6-8,11-12,16H,1-5,9,13H2,(H,19,20). The molecule has 0 aliphatic heterocycles. The van der Waals surface area contributed by atoms with Crippen molar-refractivity contribution in [1.82, 2.24) is 0 Å². The van der Waals surface area contributed by atoms with Crippen LogP contribution in [0.5, 0.6) is 0 Å². The van der Waals surface area contributed by atoms with Gasteiger partial charge in [-0.1, -0.05) is 61.9 Å². The number of carboxylic acid groups (broad SMARTS) is 1. The molecular weight excluding hydrogens is 363 g/mol. The molecule has 0 aromatic heterocycles. The molecule has 1 aromatic rings. The van der Waals surface area contributed by atoms with Crippen molar-refractivity contribution in [3.63, 3.8) is 0 Å². The molecule has 0 bridgehead atoms. The summed E-state index contributed by atoms with van der Waals surface area (Å²) in [7, 11) is 0. The first-order valence-corrected chi connectivity index (χ1v) is 8.20. The first-order valence-electron chi connectivity index (χ1n) is 7.12. The van der Waals surface area contributed by atoms with Crippen molar-refractivity contribution in [2.75, 3.05) is 0 Å². The third-order valence-electron chi connectivity index (χ3n) is 3.36. The van der Waals surface area contributed by atoms with E-state index in [-0.39, 0.29) is 5.92 Å². The predicted molar refractivity (Wildman–Crippen MR) is 90.9 cm³/mol. The van der Waals surface area contributed by atoms with Gasteiger partial charge < -0.3 is 5.11 Å². The molecule has 108 valence electrons. The smallest absolute Gasteiger partial charge is 0.310 e. The van der Waals surface area contributed by atoms with E-state index in [4.69, 9.17) is 0 Å². The van der Waals surface area contributed by atoms with E-state index in [1.807, 2.05) is 30.3 Å². The van der Waals surface area contributed by atoms with Crippen molar-refractivity contribution in [1.29, 1.82) is 0 Å². The van der Waals surface area contributed by atoms with Crippen molar-refractivity contribution in [2.45, 2.75) is 50.9 Å². The van der Waals surface area contributed by atoms with E-state index in [0.29, 0.717) is 0 Å². The van der Waals surface area contributed by atoms with Gasteiger partial charge in [0.15, 0.2) is 0 Å². The summed E-state index contributed by atoms with van der Waals surface area (Å²) in [5.41, 5.74) is 0.914. The molecular formula is C17H21IO2. The number of halogens is 1. The maximum absolute atomic E-state index is 11.3. The Morgan fingerprint density at radius 2 is 1.75 bits per heavy atom. The zero-order valence-electron chi connectivity index (χ0n) is 11.6. The van der Waals surface area contributed by atoms with Crippen LogP contribution in [0.4, 0.5) is 0 Å². The Labute approximate surface area is 135 Å². The molecule has 2 nitrogen and oxygen atoms in total. The molecule has 0 aliphatic carbocycles. The molecule has 0 heterocycles. The summed E-state index contributed by atoms with van der Waals surface area (Å²) >= 11 is 2.06. The summed E-state index contributed by atoms with van der Waals surface area (Å²) in [6.07, 6.45) is 7.30. The highest BCUT2D eigenvalue weighted by Crippen LogP contribution is 2.23. The van der Waals surface area contributed by atoms with E-state index in [1.54, 1.807) is 0 Å². The van der Waals surface area contributed by atoms with Gasteiger partial charge in [0.25, 0.3) is 0 Å². The molecule has 0 fully saturated rings. The van der Waals surface area contributed by atoms with Crippen LogP contribution in [0.3, 0.4) is 0 Å². The van der Waals surface area contributed by atoms with Gasteiger partial charge in [0.1, 0.15) is 0 Å². The summed E-state index contributed by atoms with van der Waals surface area (Å²) in [6.45, 7) is 0. The number of rotatable bonds is 9. The second kappa shape index (κ2) is 10.7. The molecule has 1 N–H and O–H groups in total. The van der Waals surface area contributed by atoms with Gasteiger partial charge in [0.2, 0.25) is 0 Å². The highest BCUT2D eigenvalue weighted by atomic mass is 127. The van der Waals surface area contributed by atoms with Gasteiger partial charge in [-0.2, -0.15) is 0 Å². The molecule has 0 radical (unpaired) electrons. The van der Waals surface area contributed by atoms with Crippen molar-refractivity contribution in [3.8, 4) is 9.85 Å². The van der Waals surface area contributed by atoms with Gasteiger partial charge >= 0.3 is 5.97 Å². The van der Waals surface area contributed by atoms with Crippen LogP contribution in [-0.2, 0) is 4.79 Å². The first-order chi connectivity index (χ1) is 9.75. The SMILES string of the molecule is O=C(O)C(CCCCCCCC#CI)c1ccccc1. The van der Waals surface area contributed by atoms with Crippen molar-refractivity contribution in [3.05, 3.63) is 35.9 Å². The zero-order chi connectivity index (χ0) is 14.6. The predicted octanol–water partition coefficient (Wildman–Crippen LogP) is 4.98. The Morgan fingerprint density at radius 1 is 1.10 bits per heavy atom. The zero-order valence-corrected chi connectivity index (χ0v) is 13.8. The highest BCUT2D eigenvalue weighted by molar-refractivity contribution is 14.1. The number of unbranched alkanes of at least 4 members (excludes halogenated alkanes) is 5. The maximum atomic E-state index is 11.3. The van der Waals surface area contributed by atoms with Gasteiger partial charge in [-0.25, -0.2) is 0 Å². The van der Waals surface area contributed by atoms with Crippen LogP contribution in [0.1, 0.15) is 56.4 Å². The van der Waals surface area contributed by atoms with Gasteiger partial charge in [-0.3, -0.25) is 4.79 Å². The van der Waals surface area contributed by atoms with E-state index < -0.39 is 5.97 Å². The summed E-state index contributed by atoms with van der Waals surface area (Å²) in [4.78, 5) is 11.3. The maximum Gasteiger partial charge on any atom is 0.310 e. The third kappa shape index (κ3) is 6.95. The van der Waals surface area contributed by atoms with E-state index in [0.717, 1.165) is 37.7 Å². The van der Waals surface area contributed by atoms with Crippen LogP contribution >= 0.6 is 22.6 Å². The van der Waals surface area contributed by atoms with Crippen LogP contribution < -0.4 is 0 Å². The van der Waals surface area contributed by atoms with E-state index >= 15 is 0 Å². The summed E-state index contributed by atoms with van der Waals surface area (Å²) in [5, 5.41) is 9.31. The minimum absolute atomic E-state index is 0.360. The molecule has 1 unspecified atom stereocenters. The Bertz CT molecular complexity index is 445. The molecule has 0 aliphatic rings. The average Bonchev–Trinajstić information content (AvgIpc) is 2.46. The summed E-state index contributed by atoms with van der Waals surface area (Å²) in [5.74, 6) is 1.98. The Morgan fingerprint density at radius 3 is 2.40 bits per heavy atom. The third-order valence-corrected chi connectivity index (χ3v) is 3.74. The quantitative estimate of drug-likeness (QED) is 0.370. The van der Waals surface area contributed by atoms with Crippen molar-refractivity contribution < 1.29 is 9.90 Å². The molecule has 3 heteroatoms. The first kappa shape index (κ1) is 17.0. The van der Waals surface area contributed by atoms with Crippen molar-refractivity contribution >= 4 is 28.6 Å². The molecule has 0 spiro atoms. The lowest BCUT2D eigenvalue weighted by atomic mass is 9.93.